The number of phenols is 1. The number of carbonyl (C=O) groups is 1. The van der Waals surface area contributed by atoms with Crippen LogP contribution in [0.15, 0.2) is 47.3 Å². The van der Waals surface area contributed by atoms with Crippen LogP contribution in [0.1, 0.15) is 10.5 Å². The predicted molar refractivity (Wildman–Crippen MR) is 107 cm³/mol. The second kappa shape index (κ2) is 6.95. The van der Waals surface area contributed by atoms with E-state index in [1.807, 2.05) is 0 Å². The Kier molecular flexibility index (Phi) is 4.44. The maximum absolute atomic E-state index is 12.6. The van der Waals surface area contributed by atoms with Crippen LogP contribution in [0.25, 0.3) is 28.2 Å². The van der Waals surface area contributed by atoms with E-state index >= 15 is 0 Å². The highest BCUT2D eigenvalue weighted by Gasteiger charge is 2.20. The minimum absolute atomic E-state index is 0.0649. The third-order valence-corrected chi connectivity index (χ3v) is 4.51. The number of benzene rings is 2. The van der Waals surface area contributed by atoms with Crippen molar-refractivity contribution in [3.63, 3.8) is 0 Å². The Morgan fingerprint density at radius 1 is 1.24 bits per heavy atom. The third kappa shape index (κ3) is 3.17. The molecule has 0 atom stereocenters. The Morgan fingerprint density at radius 2 is 2.03 bits per heavy atom. The molecule has 0 saturated heterocycles. The van der Waals surface area contributed by atoms with Crippen LogP contribution in [-0.4, -0.2) is 37.6 Å². The van der Waals surface area contributed by atoms with Gasteiger partial charge in [0.05, 0.1) is 12.8 Å². The van der Waals surface area contributed by atoms with Crippen LogP contribution in [-0.2, 0) is 0 Å². The van der Waals surface area contributed by atoms with Gasteiger partial charge in [-0.15, -0.1) is 0 Å². The Balaban J connectivity index is 2.05. The number of methoxy groups -OCH3 is 1. The van der Waals surface area contributed by atoms with Crippen LogP contribution in [0.3, 0.4) is 0 Å². The Hall–Kier alpha value is -3.85. The molecule has 0 aliphatic heterocycles. The summed E-state index contributed by atoms with van der Waals surface area (Å²) in [6.45, 7) is 0. The van der Waals surface area contributed by atoms with Gasteiger partial charge in [0, 0.05) is 10.6 Å². The number of hydrogen-bond donors (Lipinski definition) is 3. The number of H-pyrrole nitrogens is 1. The minimum atomic E-state index is -0.830. The molecule has 2 aromatic carbocycles. The molecule has 4 rings (SSSR count). The van der Waals surface area contributed by atoms with E-state index in [1.54, 1.807) is 30.3 Å². The van der Waals surface area contributed by atoms with Gasteiger partial charge in [-0.2, -0.15) is 0 Å². The molecule has 2 heterocycles. The zero-order valence-corrected chi connectivity index (χ0v) is 15.8. The van der Waals surface area contributed by atoms with E-state index in [0.29, 0.717) is 16.3 Å². The standard InChI is InChI=1S/C19H14ClN5O4/c1-29-13-7-9(5-6-12(13)26)17-22-14(16(21)27)15-18(24-17)25(19(28)23-15)11-4-2-3-10(20)8-11/h2-8,26H,1H3,(H2,21,27)(H,23,28). The number of nitrogens with zero attached hydrogens (tertiary/aromatic N) is 3. The number of rotatable bonds is 4. The number of ether oxygens (including phenoxy) is 1. The molecule has 0 aliphatic carbocycles. The lowest BCUT2D eigenvalue weighted by Gasteiger charge is -2.08. The topological polar surface area (TPSA) is 136 Å². The van der Waals surface area contributed by atoms with Crippen LogP contribution in [0, 0.1) is 0 Å². The van der Waals surface area contributed by atoms with E-state index < -0.39 is 11.6 Å². The third-order valence-electron chi connectivity index (χ3n) is 4.27. The molecule has 2 aromatic heterocycles. The van der Waals surface area contributed by atoms with Crippen molar-refractivity contribution < 1.29 is 14.6 Å². The van der Waals surface area contributed by atoms with Crippen molar-refractivity contribution in [1.82, 2.24) is 19.5 Å². The van der Waals surface area contributed by atoms with Crippen molar-refractivity contribution in [2.45, 2.75) is 0 Å². The SMILES string of the molecule is COc1cc(-c2nc(C(N)=O)c3[nH]c(=O)n(-c4cccc(Cl)c4)c3n2)ccc1O. The van der Waals surface area contributed by atoms with Gasteiger partial charge in [0.15, 0.2) is 28.7 Å². The quantitative estimate of drug-likeness (QED) is 0.471. The fourth-order valence-corrected chi connectivity index (χ4v) is 3.15. The first kappa shape index (κ1) is 18.5. The second-order valence-electron chi connectivity index (χ2n) is 6.09. The summed E-state index contributed by atoms with van der Waals surface area (Å²) in [5.74, 6) is -0.568. The number of nitrogens with two attached hydrogens (primary N) is 1. The number of fused-ring (bicyclic) bond motifs is 1. The maximum atomic E-state index is 12.6. The van der Waals surface area contributed by atoms with Crippen molar-refractivity contribution in [2.24, 2.45) is 5.73 Å². The van der Waals surface area contributed by atoms with Crippen LogP contribution < -0.4 is 16.2 Å². The number of halogens is 1. The van der Waals surface area contributed by atoms with E-state index in [-0.39, 0.29) is 34.2 Å². The zero-order chi connectivity index (χ0) is 20.7. The van der Waals surface area contributed by atoms with Gasteiger partial charge in [-0.1, -0.05) is 17.7 Å². The number of aromatic hydroxyl groups is 1. The Morgan fingerprint density at radius 3 is 2.72 bits per heavy atom. The smallest absolute Gasteiger partial charge is 0.332 e. The van der Waals surface area contributed by atoms with Gasteiger partial charge < -0.3 is 20.6 Å². The van der Waals surface area contributed by atoms with Crippen molar-refractivity contribution in [1.29, 1.82) is 0 Å². The van der Waals surface area contributed by atoms with E-state index in [1.165, 1.54) is 23.8 Å². The number of hydrogen-bond acceptors (Lipinski definition) is 6. The fourth-order valence-electron chi connectivity index (χ4n) is 2.96. The molecule has 0 bridgehead atoms. The molecule has 0 spiro atoms. The fraction of sp³-hybridized carbons (Fsp3) is 0.0526. The molecule has 4 aromatic rings. The molecule has 4 N–H and O–H groups in total. The van der Waals surface area contributed by atoms with Gasteiger partial charge in [0.2, 0.25) is 0 Å². The van der Waals surface area contributed by atoms with Crippen molar-refractivity contribution >= 4 is 28.7 Å². The molecule has 146 valence electrons. The minimum Gasteiger partial charge on any atom is -0.504 e. The first-order valence-electron chi connectivity index (χ1n) is 8.35. The molecule has 0 aliphatic rings. The molecule has 0 radical (unpaired) electrons. The van der Waals surface area contributed by atoms with Gasteiger partial charge in [-0.25, -0.2) is 19.3 Å². The summed E-state index contributed by atoms with van der Waals surface area (Å²) in [5, 5.41) is 10.2. The highest BCUT2D eigenvalue weighted by atomic mass is 35.5. The lowest BCUT2D eigenvalue weighted by molar-refractivity contribution is 0.0997. The lowest BCUT2D eigenvalue weighted by atomic mass is 10.2. The van der Waals surface area contributed by atoms with Crippen molar-refractivity contribution in [2.75, 3.05) is 7.11 Å². The summed E-state index contributed by atoms with van der Waals surface area (Å²) in [4.78, 5) is 35.9. The van der Waals surface area contributed by atoms with Gasteiger partial charge in [-0.05, 0) is 36.4 Å². The second-order valence-corrected chi connectivity index (χ2v) is 6.53. The maximum Gasteiger partial charge on any atom is 0.332 e. The number of carbonyl (C=O) groups excluding carboxylic acids is 1. The van der Waals surface area contributed by atoms with E-state index in [2.05, 4.69) is 15.0 Å². The molecule has 9 nitrogen and oxygen atoms in total. The largest absolute Gasteiger partial charge is 0.504 e. The van der Waals surface area contributed by atoms with Crippen LogP contribution in [0.4, 0.5) is 0 Å². The average molecular weight is 412 g/mol. The van der Waals surface area contributed by atoms with Crippen molar-refractivity contribution in [3.05, 3.63) is 63.7 Å². The Labute approximate surface area is 168 Å². The molecule has 0 fully saturated rings. The molecule has 1 amide bonds. The summed E-state index contributed by atoms with van der Waals surface area (Å²) in [5.41, 5.74) is 5.98. The van der Waals surface area contributed by atoms with Crippen LogP contribution in [0.2, 0.25) is 5.02 Å². The first-order valence-corrected chi connectivity index (χ1v) is 8.72. The number of primary amides is 1. The van der Waals surface area contributed by atoms with Gasteiger partial charge in [-0.3, -0.25) is 4.79 Å². The number of imidazole rings is 1. The van der Waals surface area contributed by atoms with Crippen molar-refractivity contribution in [3.8, 4) is 28.6 Å². The van der Waals surface area contributed by atoms with Gasteiger partial charge in [0.1, 0.15) is 5.52 Å². The molecular formula is C19H14ClN5O4. The predicted octanol–water partition coefficient (Wildman–Crippen LogP) is 2.24. The number of aromatic amines is 1. The summed E-state index contributed by atoms with van der Waals surface area (Å²) in [7, 11) is 1.40. The number of amides is 1. The lowest BCUT2D eigenvalue weighted by Crippen LogP contribution is -2.15. The summed E-state index contributed by atoms with van der Waals surface area (Å²) in [6.07, 6.45) is 0. The van der Waals surface area contributed by atoms with Gasteiger partial charge >= 0.3 is 5.69 Å². The molecule has 10 heteroatoms. The number of nitrogens with one attached hydrogen (secondary N) is 1. The number of aromatic nitrogens is 4. The summed E-state index contributed by atoms with van der Waals surface area (Å²) >= 11 is 6.05. The monoisotopic (exact) mass is 411 g/mol. The molecule has 0 unspecified atom stereocenters. The highest BCUT2D eigenvalue weighted by molar-refractivity contribution is 6.30. The van der Waals surface area contributed by atoms with E-state index in [0.717, 1.165) is 0 Å². The highest BCUT2D eigenvalue weighted by Crippen LogP contribution is 2.31. The van der Waals surface area contributed by atoms with E-state index in [4.69, 9.17) is 22.1 Å². The molecular weight excluding hydrogens is 398 g/mol. The summed E-state index contributed by atoms with van der Waals surface area (Å²) < 4.78 is 6.38. The molecule has 0 saturated carbocycles. The van der Waals surface area contributed by atoms with Crippen LogP contribution >= 0.6 is 11.6 Å². The van der Waals surface area contributed by atoms with Crippen LogP contribution in [0.5, 0.6) is 11.5 Å². The average Bonchev–Trinajstić information content (AvgIpc) is 3.03. The van der Waals surface area contributed by atoms with Gasteiger partial charge in [0.25, 0.3) is 5.91 Å². The zero-order valence-electron chi connectivity index (χ0n) is 15.0. The molecule has 29 heavy (non-hydrogen) atoms. The first-order chi connectivity index (χ1) is 13.9. The Bertz CT molecular complexity index is 1330. The number of phenolic OH excluding ortho intramolecular Hbond substituents is 1. The summed E-state index contributed by atoms with van der Waals surface area (Å²) in [6, 6.07) is 11.1. The normalized spacial score (nSPS) is 11.0. The van der Waals surface area contributed by atoms with E-state index in [9.17, 15) is 14.7 Å².